The summed E-state index contributed by atoms with van der Waals surface area (Å²) in [6.45, 7) is 3.53. The quantitative estimate of drug-likeness (QED) is 0.828. The fourth-order valence-electron chi connectivity index (χ4n) is 2.68. The predicted octanol–water partition coefficient (Wildman–Crippen LogP) is 2.82. The fraction of sp³-hybridized carbons (Fsp3) is 0.600. The fourth-order valence-corrected chi connectivity index (χ4v) is 2.68. The van der Waals surface area contributed by atoms with E-state index < -0.39 is 0 Å². The highest BCUT2D eigenvalue weighted by Gasteiger charge is 2.16. The van der Waals surface area contributed by atoms with Crippen molar-refractivity contribution in [1.82, 2.24) is 10.3 Å². The standard InChI is InChI=1S/C15H23N3O/c1-2-16-14-13(8-5-10-17-14)15(19)18-11-9-12-6-3-4-7-12/h5,8,10,12H,2-4,6-7,9,11H2,1H3,(H,16,17)(H,18,19). The third-order valence-electron chi connectivity index (χ3n) is 3.71. The summed E-state index contributed by atoms with van der Waals surface area (Å²) in [5, 5.41) is 6.12. The summed E-state index contributed by atoms with van der Waals surface area (Å²) >= 11 is 0. The van der Waals surface area contributed by atoms with Gasteiger partial charge in [0.2, 0.25) is 0 Å². The largest absolute Gasteiger partial charge is 0.370 e. The van der Waals surface area contributed by atoms with Crippen LogP contribution in [0.25, 0.3) is 0 Å². The van der Waals surface area contributed by atoms with E-state index in [1.165, 1.54) is 25.7 Å². The van der Waals surface area contributed by atoms with Gasteiger partial charge in [0, 0.05) is 19.3 Å². The van der Waals surface area contributed by atoms with Crippen molar-refractivity contribution in [1.29, 1.82) is 0 Å². The zero-order chi connectivity index (χ0) is 13.5. The summed E-state index contributed by atoms with van der Waals surface area (Å²) in [5.74, 6) is 1.45. The van der Waals surface area contributed by atoms with Crippen LogP contribution in [0.2, 0.25) is 0 Å². The minimum absolute atomic E-state index is 0.0259. The third-order valence-corrected chi connectivity index (χ3v) is 3.71. The van der Waals surface area contributed by atoms with Gasteiger partial charge in [-0.1, -0.05) is 25.7 Å². The Balaban J connectivity index is 1.84. The predicted molar refractivity (Wildman–Crippen MR) is 77.3 cm³/mol. The van der Waals surface area contributed by atoms with Gasteiger partial charge in [-0.05, 0) is 31.4 Å². The molecule has 104 valence electrons. The molecule has 0 saturated heterocycles. The van der Waals surface area contributed by atoms with E-state index in [4.69, 9.17) is 0 Å². The first-order valence-electron chi connectivity index (χ1n) is 7.28. The first-order chi connectivity index (χ1) is 9.31. The maximum atomic E-state index is 12.1. The van der Waals surface area contributed by atoms with Gasteiger partial charge >= 0.3 is 0 Å². The molecule has 1 amide bonds. The van der Waals surface area contributed by atoms with Crippen LogP contribution in [0.15, 0.2) is 18.3 Å². The number of pyridine rings is 1. The SMILES string of the molecule is CCNc1ncccc1C(=O)NCCC1CCCC1. The Bertz CT molecular complexity index is 414. The van der Waals surface area contributed by atoms with Gasteiger partial charge in [0.15, 0.2) is 0 Å². The van der Waals surface area contributed by atoms with Crippen LogP contribution in [0.3, 0.4) is 0 Å². The maximum Gasteiger partial charge on any atom is 0.255 e. The molecule has 4 nitrogen and oxygen atoms in total. The van der Waals surface area contributed by atoms with Gasteiger partial charge in [-0.2, -0.15) is 0 Å². The number of aromatic nitrogens is 1. The van der Waals surface area contributed by atoms with Crippen molar-refractivity contribution in [2.45, 2.75) is 39.0 Å². The van der Waals surface area contributed by atoms with Crippen LogP contribution < -0.4 is 10.6 Å². The van der Waals surface area contributed by atoms with Gasteiger partial charge in [-0.3, -0.25) is 4.79 Å². The minimum Gasteiger partial charge on any atom is -0.370 e. The number of carbonyl (C=O) groups is 1. The molecule has 1 aliphatic rings. The molecule has 0 radical (unpaired) electrons. The first-order valence-corrected chi connectivity index (χ1v) is 7.28. The highest BCUT2D eigenvalue weighted by Crippen LogP contribution is 2.26. The van der Waals surface area contributed by atoms with Crippen LogP contribution in [-0.2, 0) is 0 Å². The monoisotopic (exact) mass is 261 g/mol. The molecule has 19 heavy (non-hydrogen) atoms. The maximum absolute atomic E-state index is 12.1. The van der Waals surface area contributed by atoms with E-state index in [-0.39, 0.29) is 5.91 Å². The summed E-state index contributed by atoms with van der Waals surface area (Å²) < 4.78 is 0. The molecule has 4 heteroatoms. The number of anilines is 1. The molecule has 0 atom stereocenters. The van der Waals surface area contributed by atoms with E-state index in [0.717, 1.165) is 25.4 Å². The smallest absolute Gasteiger partial charge is 0.255 e. The molecular formula is C15H23N3O. The van der Waals surface area contributed by atoms with Crippen LogP contribution in [0.5, 0.6) is 0 Å². The molecule has 1 aliphatic carbocycles. The van der Waals surface area contributed by atoms with Gasteiger partial charge < -0.3 is 10.6 Å². The van der Waals surface area contributed by atoms with Crippen LogP contribution in [0.4, 0.5) is 5.82 Å². The lowest BCUT2D eigenvalue weighted by Crippen LogP contribution is -2.26. The van der Waals surface area contributed by atoms with E-state index in [0.29, 0.717) is 11.4 Å². The lowest BCUT2D eigenvalue weighted by molar-refractivity contribution is 0.0952. The minimum atomic E-state index is -0.0259. The molecule has 0 bridgehead atoms. The summed E-state index contributed by atoms with van der Waals surface area (Å²) in [7, 11) is 0. The zero-order valence-corrected chi connectivity index (χ0v) is 11.6. The summed E-state index contributed by atoms with van der Waals surface area (Å²) in [4.78, 5) is 16.3. The molecule has 0 aromatic carbocycles. The Kier molecular flexibility index (Phi) is 5.19. The Labute approximate surface area is 115 Å². The lowest BCUT2D eigenvalue weighted by Gasteiger charge is -2.12. The molecule has 1 aromatic rings. The van der Waals surface area contributed by atoms with Crippen LogP contribution >= 0.6 is 0 Å². The van der Waals surface area contributed by atoms with E-state index in [2.05, 4.69) is 15.6 Å². The molecule has 2 N–H and O–H groups in total. The molecule has 0 unspecified atom stereocenters. The number of amides is 1. The molecule has 0 spiro atoms. The Morgan fingerprint density at radius 3 is 2.95 bits per heavy atom. The first kappa shape index (κ1) is 13.8. The van der Waals surface area contributed by atoms with Crippen LogP contribution in [0.1, 0.15) is 49.4 Å². The van der Waals surface area contributed by atoms with Crippen molar-refractivity contribution >= 4 is 11.7 Å². The molecule has 1 saturated carbocycles. The van der Waals surface area contributed by atoms with E-state index in [1.807, 2.05) is 13.0 Å². The van der Waals surface area contributed by atoms with Gasteiger partial charge in [-0.15, -0.1) is 0 Å². The highest BCUT2D eigenvalue weighted by molar-refractivity contribution is 5.98. The highest BCUT2D eigenvalue weighted by atomic mass is 16.1. The lowest BCUT2D eigenvalue weighted by atomic mass is 10.0. The van der Waals surface area contributed by atoms with Gasteiger partial charge in [0.1, 0.15) is 5.82 Å². The Morgan fingerprint density at radius 2 is 2.21 bits per heavy atom. The van der Waals surface area contributed by atoms with Crippen molar-refractivity contribution in [2.24, 2.45) is 5.92 Å². The van der Waals surface area contributed by atoms with Crippen molar-refractivity contribution in [3.8, 4) is 0 Å². The van der Waals surface area contributed by atoms with Gasteiger partial charge in [-0.25, -0.2) is 4.98 Å². The van der Waals surface area contributed by atoms with Crippen molar-refractivity contribution in [2.75, 3.05) is 18.4 Å². The number of hydrogen-bond acceptors (Lipinski definition) is 3. The Morgan fingerprint density at radius 1 is 1.42 bits per heavy atom. The molecule has 1 aromatic heterocycles. The van der Waals surface area contributed by atoms with Crippen LogP contribution in [-0.4, -0.2) is 24.0 Å². The van der Waals surface area contributed by atoms with Crippen molar-refractivity contribution in [3.63, 3.8) is 0 Å². The second-order valence-corrected chi connectivity index (χ2v) is 5.12. The van der Waals surface area contributed by atoms with Gasteiger partial charge in [0.05, 0.1) is 5.56 Å². The molecule has 0 aliphatic heterocycles. The molecule has 1 heterocycles. The second-order valence-electron chi connectivity index (χ2n) is 5.12. The van der Waals surface area contributed by atoms with E-state index in [9.17, 15) is 4.79 Å². The summed E-state index contributed by atoms with van der Waals surface area (Å²) in [6.07, 6.45) is 8.16. The zero-order valence-electron chi connectivity index (χ0n) is 11.6. The van der Waals surface area contributed by atoms with Crippen LogP contribution in [0, 0.1) is 5.92 Å². The van der Waals surface area contributed by atoms with Crippen molar-refractivity contribution in [3.05, 3.63) is 23.9 Å². The number of rotatable bonds is 6. The van der Waals surface area contributed by atoms with E-state index >= 15 is 0 Å². The molecular weight excluding hydrogens is 238 g/mol. The average molecular weight is 261 g/mol. The average Bonchev–Trinajstić information content (AvgIpc) is 2.93. The van der Waals surface area contributed by atoms with E-state index in [1.54, 1.807) is 12.3 Å². The second kappa shape index (κ2) is 7.12. The van der Waals surface area contributed by atoms with Crippen molar-refractivity contribution < 1.29 is 4.79 Å². The summed E-state index contributed by atoms with van der Waals surface area (Å²) in [6, 6.07) is 3.61. The number of hydrogen-bond donors (Lipinski definition) is 2. The number of carbonyl (C=O) groups excluding carboxylic acids is 1. The number of nitrogens with zero attached hydrogens (tertiary/aromatic N) is 1. The topological polar surface area (TPSA) is 54.0 Å². The summed E-state index contributed by atoms with van der Waals surface area (Å²) in [5.41, 5.74) is 0.635. The molecule has 2 rings (SSSR count). The number of nitrogens with one attached hydrogen (secondary N) is 2. The Hall–Kier alpha value is -1.58. The third kappa shape index (κ3) is 3.94. The van der Waals surface area contributed by atoms with Gasteiger partial charge in [0.25, 0.3) is 5.91 Å². The molecule has 1 fully saturated rings. The normalized spacial score (nSPS) is 15.4.